The number of ether oxygens (including phenoxy) is 1. The zero-order valence-electron chi connectivity index (χ0n) is 8.56. The summed E-state index contributed by atoms with van der Waals surface area (Å²) >= 11 is 0. The molecule has 0 aromatic carbocycles. The zero-order chi connectivity index (χ0) is 10.8. The maximum atomic E-state index is 10.5. The highest BCUT2D eigenvalue weighted by atomic mass is 16.5. The van der Waals surface area contributed by atoms with Gasteiger partial charge in [0.2, 0.25) is 0 Å². The third-order valence-corrected chi connectivity index (χ3v) is 2.11. The van der Waals surface area contributed by atoms with Crippen molar-refractivity contribution in [2.24, 2.45) is 0 Å². The number of nitrogens with zero attached hydrogens (tertiary/aromatic N) is 1. The Bertz CT molecular complexity index is 217. The molecule has 0 amide bonds. The third-order valence-electron chi connectivity index (χ3n) is 2.11. The van der Waals surface area contributed by atoms with Crippen molar-refractivity contribution < 1.29 is 19.7 Å². The second-order valence-corrected chi connectivity index (χ2v) is 4.25. The number of carboxylic acids is 1. The molecule has 5 heteroatoms. The molecule has 1 fully saturated rings. The number of morpholine rings is 1. The highest BCUT2D eigenvalue weighted by molar-refractivity contribution is 5.69. The van der Waals surface area contributed by atoms with E-state index in [0.29, 0.717) is 13.1 Å². The van der Waals surface area contributed by atoms with E-state index in [1.807, 2.05) is 13.8 Å². The van der Waals surface area contributed by atoms with Crippen LogP contribution in [0.1, 0.15) is 13.8 Å². The summed E-state index contributed by atoms with van der Waals surface area (Å²) in [5.74, 6) is -0.848. The first kappa shape index (κ1) is 11.4. The van der Waals surface area contributed by atoms with Gasteiger partial charge in [-0.2, -0.15) is 0 Å². The Morgan fingerprint density at radius 3 is 2.79 bits per heavy atom. The molecule has 1 rings (SSSR count). The molecule has 0 bridgehead atoms. The fraction of sp³-hybridized carbons (Fsp3) is 0.889. The number of aliphatic carboxylic acids is 1. The molecule has 1 aliphatic rings. The quantitative estimate of drug-likeness (QED) is 0.649. The summed E-state index contributed by atoms with van der Waals surface area (Å²) in [4.78, 5) is 12.3. The first-order chi connectivity index (χ1) is 6.43. The molecule has 0 saturated carbocycles. The predicted molar refractivity (Wildman–Crippen MR) is 50.1 cm³/mol. The summed E-state index contributed by atoms with van der Waals surface area (Å²) in [6.07, 6.45) is -0.280. The molecule has 0 radical (unpaired) electrons. The molecular formula is C9H17NO4. The second kappa shape index (κ2) is 4.25. The van der Waals surface area contributed by atoms with Gasteiger partial charge in [0.1, 0.15) is 0 Å². The number of carboxylic acid groups (broad SMARTS) is 1. The maximum absolute atomic E-state index is 10.5. The molecular weight excluding hydrogens is 186 g/mol. The Kier molecular flexibility index (Phi) is 3.47. The summed E-state index contributed by atoms with van der Waals surface area (Å²) in [6, 6.07) is 0. The maximum Gasteiger partial charge on any atom is 0.317 e. The largest absolute Gasteiger partial charge is 0.480 e. The lowest BCUT2D eigenvalue weighted by Crippen LogP contribution is -2.54. The van der Waals surface area contributed by atoms with Gasteiger partial charge in [-0.3, -0.25) is 9.69 Å². The van der Waals surface area contributed by atoms with Crippen molar-refractivity contribution in [2.45, 2.75) is 25.6 Å². The lowest BCUT2D eigenvalue weighted by atomic mass is 10.1. The van der Waals surface area contributed by atoms with Crippen LogP contribution in [0.3, 0.4) is 0 Å². The highest BCUT2D eigenvalue weighted by Crippen LogP contribution is 2.20. The Morgan fingerprint density at radius 1 is 1.64 bits per heavy atom. The summed E-state index contributed by atoms with van der Waals surface area (Å²) in [5, 5.41) is 17.6. The summed E-state index contributed by atoms with van der Waals surface area (Å²) in [5.41, 5.74) is -0.388. The van der Waals surface area contributed by atoms with Crippen molar-refractivity contribution >= 4 is 5.97 Å². The van der Waals surface area contributed by atoms with Gasteiger partial charge in [-0.25, -0.2) is 0 Å². The molecule has 14 heavy (non-hydrogen) atoms. The number of hydrogen-bond donors (Lipinski definition) is 2. The van der Waals surface area contributed by atoms with Crippen LogP contribution in [0.15, 0.2) is 0 Å². The van der Waals surface area contributed by atoms with E-state index in [4.69, 9.17) is 14.9 Å². The van der Waals surface area contributed by atoms with Gasteiger partial charge in [-0.05, 0) is 13.8 Å². The highest BCUT2D eigenvalue weighted by Gasteiger charge is 2.33. The Labute approximate surface area is 83.3 Å². The summed E-state index contributed by atoms with van der Waals surface area (Å²) in [7, 11) is 0. The SMILES string of the molecule is CC1(C)CN(CC(=O)O)CC(CO)O1. The van der Waals surface area contributed by atoms with Crippen molar-refractivity contribution in [3.8, 4) is 0 Å². The minimum absolute atomic E-state index is 0.00326. The second-order valence-electron chi connectivity index (χ2n) is 4.25. The van der Waals surface area contributed by atoms with E-state index in [1.54, 1.807) is 4.90 Å². The van der Waals surface area contributed by atoms with Gasteiger partial charge in [0.15, 0.2) is 0 Å². The van der Waals surface area contributed by atoms with Gasteiger partial charge in [-0.15, -0.1) is 0 Å². The standard InChI is InChI=1S/C9H17NO4/c1-9(2)6-10(4-8(12)13)3-7(5-11)14-9/h7,11H,3-6H2,1-2H3,(H,12,13). The van der Waals surface area contributed by atoms with Crippen LogP contribution in [0.4, 0.5) is 0 Å². The van der Waals surface area contributed by atoms with Crippen molar-refractivity contribution in [3.05, 3.63) is 0 Å². The first-order valence-corrected chi connectivity index (χ1v) is 4.66. The molecule has 5 nitrogen and oxygen atoms in total. The van der Waals surface area contributed by atoms with E-state index in [9.17, 15) is 4.79 Å². The molecule has 1 saturated heterocycles. The fourth-order valence-electron chi connectivity index (χ4n) is 1.82. The lowest BCUT2D eigenvalue weighted by Gasteiger charge is -2.41. The topological polar surface area (TPSA) is 70.0 Å². The van der Waals surface area contributed by atoms with Gasteiger partial charge in [0.25, 0.3) is 0 Å². The van der Waals surface area contributed by atoms with Crippen molar-refractivity contribution in [1.82, 2.24) is 4.90 Å². The van der Waals surface area contributed by atoms with E-state index in [-0.39, 0.29) is 24.9 Å². The van der Waals surface area contributed by atoms with Crippen LogP contribution in [0, 0.1) is 0 Å². The average Bonchev–Trinajstić information content (AvgIpc) is 1.99. The van der Waals surface area contributed by atoms with Crippen LogP contribution in [0.5, 0.6) is 0 Å². The van der Waals surface area contributed by atoms with E-state index in [2.05, 4.69) is 0 Å². The van der Waals surface area contributed by atoms with Gasteiger partial charge >= 0.3 is 5.97 Å². The number of aliphatic hydroxyl groups excluding tert-OH is 1. The van der Waals surface area contributed by atoms with Crippen molar-refractivity contribution in [3.63, 3.8) is 0 Å². The Balaban J connectivity index is 2.56. The predicted octanol–water partition coefficient (Wildman–Crippen LogP) is -0.457. The molecule has 82 valence electrons. The van der Waals surface area contributed by atoms with Gasteiger partial charge in [0, 0.05) is 13.1 Å². The normalized spacial score (nSPS) is 27.5. The number of hydrogen-bond acceptors (Lipinski definition) is 4. The number of rotatable bonds is 3. The molecule has 2 N–H and O–H groups in total. The van der Waals surface area contributed by atoms with E-state index in [1.165, 1.54) is 0 Å². The fourth-order valence-corrected chi connectivity index (χ4v) is 1.82. The van der Waals surface area contributed by atoms with Crippen molar-refractivity contribution in [1.29, 1.82) is 0 Å². The molecule has 1 unspecified atom stereocenters. The molecule has 0 aromatic heterocycles. The van der Waals surface area contributed by atoms with Crippen LogP contribution in [0.25, 0.3) is 0 Å². The summed E-state index contributed by atoms with van der Waals surface area (Å²) in [6.45, 7) is 4.78. The molecule has 0 aromatic rings. The van der Waals surface area contributed by atoms with E-state index in [0.717, 1.165) is 0 Å². The van der Waals surface area contributed by atoms with E-state index < -0.39 is 5.97 Å². The molecule has 0 spiro atoms. The lowest BCUT2D eigenvalue weighted by molar-refractivity contribution is -0.159. The smallest absolute Gasteiger partial charge is 0.317 e. The van der Waals surface area contributed by atoms with E-state index >= 15 is 0 Å². The first-order valence-electron chi connectivity index (χ1n) is 4.66. The molecule has 1 aliphatic heterocycles. The molecule has 1 atom stereocenters. The van der Waals surface area contributed by atoms with Crippen LogP contribution < -0.4 is 0 Å². The monoisotopic (exact) mass is 203 g/mol. The average molecular weight is 203 g/mol. The number of aliphatic hydroxyl groups is 1. The minimum Gasteiger partial charge on any atom is -0.480 e. The van der Waals surface area contributed by atoms with Crippen LogP contribution in [0.2, 0.25) is 0 Å². The van der Waals surface area contributed by atoms with Crippen LogP contribution in [-0.4, -0.2) is 59.0 Å². The van der Waals surface area contributed by atoms with Gasteiger partial charge < -0.3 is 14.9 Å². The Morgan fingerprint density at radius 2 is 2.29 bits per heavy atom. The van der Waals surface area contributed by atoms with Gasteiger partial charge in [0.05, 0.1) is 24.9 Å². The molecule has 0 aliphatic carbocycles. The molecule has 1 heterocycles. The Hall–Kier alpha value is -0.650. The van der Waals surface area contributed by atoms with Gasteiger partial charge in [-0.1, -0.05) is 0 Å². The summed E-state index contributed by atoms with van der Waals surface area (Å²) < 4.78 is 5.55. The van der Waals surface area contributed by atoms with Crippen molar-refractivity contribution in [2.75, 3.05) is 26.2 Å². The number of carbonyl (C=O) groups is 1. The zero-order valence-corrected chi connectivity index (χ0v) is 8.56. The minimum atomic E-state index is -0.848. The van der Waals surface area contributed by atoms with Crippen LogP contribution >= 0.6 is 0 Å². The third kappa shape index (κ3) is 3.25. The van der Waals surface area contributed by atoms with Crippen LogP contribution in [-0.2, 0) is 9.53 Å².